The lowest BCUT2D eigenvalue weighted by Gasteiger charge is -2.70. The minimum absolute atomic E-state index is 0.0210. The Kier molecular flexibility index (Phi) is 13.2. The van der Waals surface area contributed by atoms with E-state index in [0.29, 0.717) is 12.3 Å². The number of esters is 1. The normalized spacial score (nSPS) is 49.2. The van der Waals surface area contributed by atoms with Crippen molar-refractivity contribution in [2.75, 3.05) is 13.2 Å². The van der Waals surface area contributed by atoms with E-state index in [4.69, 9.17) is 23.7 Å². The summed E-state index contributed by atoms with van der Waals surface area (Å²) < 4.78 is 29.7. The average molecular weight is 809 g/mol. The summed E-state index contributed by atoms with van der Waals surface area (Å²) in [5.74, 6) is 0.343. The third-order valence-corrected chi connectivity index (χ3v) is 16.4. The lowest BCUT2D eigenvalue weighted by Crippen LogP contribution is -2.67. The molecule has 19 atom stereocenters. The molecule has 0 bridgehead atoms. The zero-order valence-electron chi connectivity index (χ0n) is 35.4. The number of rotatable bonds is 11. The molecule has 6 aliphatic rings. The number of carbonyl (C=O) groups is 1. The van der Waals surface area contributed by atoms with Crippen molar-refractivity contribution in [1.29, 1.82) is 0 Å². The molecular weight excluding hydrogens is 736 g/mol. The summed E-state index contributed by atoms with van der Waals surface area (Å²) in [7, 11) is 0. The van der Waals surface area contributed by atoms with Crippen LogP contribution in [0, 0.1) is 45.3 Å². The van der Waals surface area contributed by atoms with Gasteiger partial charge >= 0.3 is 5.97 Å². The predicted octanol–water partition coefficient (Wildman–Crippen LogP) is 3.53. The van der Waals surface area contributed by atoms with E-state index in [9.17, 15) is 40.5 Å². The van der Waals surface area contributed by atoms with Gasteiger partial charge in [0.15, 0.2) is 12.6 Å². The van der Waals surface area contributed by atoms with E-state index in [1.807, 2.05) is 0 Å². The summed E-state index contributed by atoms with van der Waals surface area (Å²) in [6, 6.07) is 0. The number of carbonyl (C=O) groups excluding carboxylic acids is 1. The van der Waals surface area contributed by atoms with Crippen molar-refractivity contribution in [3.05, 3.63) is 23.8 Å². The van der Waals surface area contributed by atoms with Gasteiger partial charge in [-0.05, 0) is 117 Å². The first-order valence-corrected chi connectivity index (χ1v) is 21.4. The van der Waals surface area contributed by atoms with Gasteiger partial charge in [0, 0.05) is 6.92 Å². The van der Waals surface area contributed by atoms with E-state index >= 15 is 0 Å². The van der Waals surface area contributed by atoms with Gasteiger partial charge in [-0.25, -0.2) is 0 Å². The molecule has 0 unspecified atom stereocenters. The van der Waals surface area contributed by atoms with E-state index in [0.717, 1.165) is 51.4 Å². The largest absolute Gasteiger partial charge is 0.463 e. The quantitative estimate of drug-likeness (QED) is 0.0909. The zero-order valence-corrected chi connectivity index (χ0v) is 35.4. The Bertz CT molecular complexity index is 1480. The standard InChI is InChI=1S/C44H72O13/c1-22(2)11-10-12-23(3)25-13-17-44(9)32(25)26(47)19-30-42(7)16-15-31(41(5,6)29(42)14-18-43(30,44)8)56-40-38(36(51)33(48)27(20-45)54-40)57-39-37(52)35(50)34(49)28(55-39)21-53-24(4)46/h11,25-40,45,47-52H,3,10,12-21H2,1-2,4-9H3/t25-,26-,27-,28-,29+,30-,31+,32+,33-,34-,35+,36+,37-,38-,39+,40-,42+,43-,44-/m1/s1. The molecule has 0 spiro atoms. The molecule has 7 N–H and O–H groups in total. The molecule has 0 radical (unpaired) electrons. The molecule has 2 saturated heterocycles. The summed E-state index contributed by atoms with van der Waals surface area (Å²) in [6.45, 7) is 20.7. The molecule has 13 heteroatoms. The van der Waals surface area contributed by atoms with E-state index in [1.54, 1.807) is 0 Å². The Hall–Kier alpha value is -1.49. The SMILES string of the molecule is C=C(CCC=C(C)C)[C@H]1CC[C@]2(C)[C@@H]1[C@H](O)C[C@@H]1[C@@]3(C)CC[C@H](O[C@H]4O[C@H](CO)[C@@H](O)[C@H](O)[C@H]4O[C@@H]4O[C@H](COC(C)=O)[C@@H](O)[C@H](O)[C@H]4O)C(C)(C)[C@@H]3CC[C@]12C. The molecule has 6 rings (SSSR count). The summed E-state index contributed by atoms with van der Waals surface area (Å²) in [5, 5.41) is 76.6. The molecule has 6 fully saturated rings. The van der Waals surface area contributed by atoms with Crippen LogP contribution < -0.4 is 0 Å². The number of fused-ring (bicyclic) bond motifs is 5. The van der Waals surface area contributed by atoms with Crippen LogP contribution in [0.4, 0.5) is 0 Å². The maximum Gasteiger partial charge on any atom is 0.302 e. The number of aliphatic hydroxyl groups is 7. The molecule has 13 nitrogen and oxygen atoms in total. The minimum Gasteiger partial charge on any atom is -0.463 e. The number of hydrogen-bond donors (Lipinski definition) is 7. The minimum atomic E-state index is -1.78. The fraction of sp³-hybridized carbons (Fsp3) is 0.886. The second-order valence-electron chi connectivity index (χ2n) is 20.0. The van der Waals surface area contributed by atoms with Gasteiger partial charge in [-0.2, -0.15) is 0 Å². The molecule has 0 amide bonds. The third kappa shape index (κ3) is 7.83. The van der Waals surface area contributed by atoms with Crippen molar-refractivity contribution < 1.29 is 64.2 Å². The first kappa shape index (κ1) is 45.0. The van der Waals surface area contributed by atoms with E-state index in [-0.39, 0.29) is 34.0 Å². The van der Waals surface area contributed by atoms with Gasteiger partial charge in [0.05, 0.1) is 18.8 Å². The summed E-state index contributed by atoms with van der Waals surface area (Å²) in [6.07, 6.45) is -5.52. The van der Waals surface area contributed by atoms with Crippen LogP contribution in [0.2, 0.25) is 0 Å². The maximum atomic E-state index is 12.2. The monoisotopic (exact) mass is 808 g/mol. The van der Waals surface area contributed by atoms with Gasteiger partial charge in [-0.3, -0.25) is 4.79 Å². The number of hydrogen-bond acceptors (Lipinski definition) is 13. The molecule has 0 aromatic rings. The average Bonchev–Trinajstić information content (AvgIpc) is 3.52. The highest BCUT2D eigenvalue weighted by atomic mass is 16.8. The van der Waals surface area contributed by atoms with E-state index in [1.165, 1.54) is 18.1 Å². The van der Waals surface area contributed by atoms with Gasteiger partial charge < -0.3 is 59.4 Å². The van der Waals surface area contributed by atoms with Gasteiger partial charge in [0.25, 0.3) is 0 Å². The van der Waals surface area contributed by atoms with Crippen LogP contribution in [0.1, 0.15) is 113 Å². The van der Waals surface area contributed by atoms with Crippen LogP contribution in [0.5, 0.6) is 0 Å². The Morgan fingerprint density at radius 1 is 0.772 bits per heavy atom. The lowest BCUT2D eigenvalue weighted by atomic mass is 9.35. The Morgan fingerprint density at radius 3 is 2.07 bits per heavy atom. The van der Waals surface area contributed by atoms with Crippen LogP contribution in [-0.2, 0) is 28.5 Å². The van der Waals surface area contributed by atoms with Crippen molar-refractivity contribution in [2.24, 2.45) is 45.3 Å². The molecular formula is C44H72O13. The molecule has 4 saturated carbocycles. The summed E-state index contributed by atoms with van der Waals surface area (Å²) in [4.78, 5) is 11.5. The number of aliphatic hydroxyl groups excluding tert-OH is 7. The Balaban J connectivity index is 1.21. The molecule has 326 valence electrons. The third-order valence-electron chi connectivity index (χ3n) is 16.4. The van der Waals surface area contributed by atoms with Gasteiger partial charge in [0.1, 0.15) is 55.4 Å². The first-order chi connectivity index (χ1) is 26.6. The summed E-state index contributed by atoms with van der Waals surface area (Å²) in [5.41, 5.74) is 2.04. The van der Waals surface area contributed by atoms with Crippen LogP contribution in [0.25, 0.3) is 0 Å². The van der Waals surface area contributed by atoms with Gasteiger partial charge in [0.2, 0.25) is 0 Å². The van der Waals surface area contributed by atoms with Crippen molar-refractivity contribution in [1.82, 2.24) is 0 Å². The number of ether oxygens (including phenoxy) is 5. The zero-order chi connectivity index (χ0) is 42.0. The van der Waals surface area contributed by atoms with Crippen molar-refractivity contribution in [3.63, 3.8) is 0 Å². The van der Waals surface area contributed by atoms with E-state index in [2.05, 4.69) is 61.1 Å². The molecule has 0 aromatic heterocycles. The van der Waals surface area contributed by atoms with Crippen LogP contribution in [-0.4, -0.2) is 129 Å². The van der Waals surface area contributed by atoms with Crippen LogP contribution in [0.3, 0.4) is 0 Å². The highest BCUT2D eigenvalue weighted by molar-refractivity contribution is 5.65. The summed E-state index contributed by atoms with van der Waals surface area (Å²) >= 11 is 0. The molecule has 2 aliphatic heterocycles. The topological polar surface area (TPSA) is 205 Å². The highest BCUT2D eigenvalue weighted by Crippen LogP contribution is 2.75. The van der Waals surface area contributed by atoms with Crippen molar-refractivity contribution >= 4 is 5.97 Å². The van der Waals surface area contributed by atoms with E-state index < -0.39 is 98.2 Å². The van der Waals surface area contributed by atoms with Gasteiger partial charge in [-0.1, -0.05) is 58.4 Å². The fourth-order valence-corrected chi connectivity index (χ4v) is 13.2. The van der Waals surface area contributed by atoms with Crippen LogP contribution in [0.15, 0.2) is 23.8 Å². The lowest BCUT2D eigenvalue weighted by molar-refractivity contribution is -0.378. The molecule has 4 aliphatic carbocycles. The predicted molar refractivity (Wildman–Crippen MR) is 209 cm³/mol. The van der Waals surface area contributed by atoms with Gasteiger partial charge in [-0.15, -0.1) is 0 Å². The number of allylic oxidation sites excluding steroid dienone is 3. The smallest absolute Gasteiger partial charge is 0.302 e. The molecule has 57 heavy (non-hydrogen) atoms. The second-order valence-corrected chi connectivity index (χ2v) is 20.0. The maximum absolute atomic E-state index is 12.2. The first-order valence-electron chi connectivity index (χ1n) is 21.4. The van der Waals surface area contributed by atoms with Crippen molar-refractivity contribution in [3.8, 4) is 0 Å². The Labute approximate surface area is 338 Å². The van der Waals surface area contributed by atoms with Crippen LogP contribution >= 0.6 is 0 Å². The highest BCUT2D eigenvalue weighted by Gasteiger charge is 2.70. The Morgan fingerprint density at radius 2 is 1.42 bits per heavy atom. The second kappa shape index (κ2) is 16.8. The molecule has 2 heterocycles. The molecule has 0 aromatic carbocycles. The fourth-order valence-electron chi connectivity index (χ4n) is 13.2. The van der Waals surface area contributed by atoms with Crippen molar-refractivity contribution in [2.45, 2.75) is 187 Å².